The van der Waals surface area contributed by atoms with Crippen LogP contribution in [0.5, 0.6) is 0 Å². The number of methoxy groups -OCH3 is 2. The molecule has 3 aromatic rings. The van der Waals surface area contributed by atoms with Crippen LogP contribution in [0.1, 0.15) is 20.7 Å². The molecular formula is C18H14FNO4. The Kier molecular flexibility index (Phi) is 4.04. The highest BCUT2D eigenvalue weighted by atomic mass is 19.1. The zero-order valence-electron chi connectivity index (χ0n) is 13.1. The van der Waals surface area contributed by atoms with Gasteiger partial charge >= 0.3 is 11.9 Å². The van der Waals surface area contributed by atoms with Crippen molar-refractivity contribution >= 4 is 22.8 Å². The Labute approximate surface area is 137 Å². The molecule has 0 saturated heterocycles. The second-order valence-electron chi connectivity index (χ2n) is 5.14. The SMILES string of the molecule is COC(=O)c1ccc(-c2c[nH]c3cc(F)ccc23)cc1C(=O)OC. The number of hydrogen-bond donors (Lipinski definition) is 1. The molecule has 0 aliphatic carbocycles. The molecule has 0 fully saturated rings. The summed E-state index contributed by atoms with van der Waals surface area (Å²) in [6, 6.07) is 9.18. The van der Waals surface area contributed by atoms with Crippen molar-refractivity contribution in [1.29, 1.82) is 0 Å². The minimum atomic E-state index is -0.636. The van der Waals surface area contributed by atoms with Gasteiger partial charge in [0, 0.05) is 22.7 Å². The fraction of sp³-hybridized carbons (Fsp3) is 0.111. The Morgan fingerprint density at radius 2 is 1.67 bits per heavy atom. The number of H-pyrrole nitrogens is 1. The van der Waals surface area contributed by atoms with Crippen molar-refractivity contribution in [2.75, 3.05) is 14.2 Å². The Bertz CT molecular complexity index is 945. The molecule has 0 atom stereocenters. The molecule has 0 aliphatic heterocycles. The quantitative estimate of drug-likeness (QED) is 0.747. The van der Waals surface area contributed by atoms with E-state index in [0.717, 1.165) is 10.9 Å². The highest BCUT2D eigenvalue weighted by molar-refractivity contribution is 6.05. The van der Waals surface area contributed by atoms with E-state index >= 15 is 0 Å². The molecule has 1 aromatic heterocycles. The lowest BCUT2D eigenvalue weighted by Crippen LogP contribution is -2.11. The van der Waals surface area contributed by atoms with Gasteiger partial charge in [-0.2, -0.15) is 0 Å². The second-order valence-corrected chi connectivity index (χ2v) is 5.14. The normalized spacial score (nSPS) is 10.6. The summed E-state index contributed by atoms with van der Waals surface area (Å²) < 4.78 is 22.7. The first-order chi connectivity index (χ1) is 11.5. The van der Waals surface area contributed by atoms with Crippen LogP contribution in [0.3, 0.4) is 0 Å². The summed E-state index contributed by atoms with van der Waals surface area (Å²) in [5.74, 6) is -1.60. The van der Waals surface area contributed by atoms with Crippen LogP contribution in [0, 0.1) is 5.82 Å². The van der Waals surface area contributed by atoms with Crippen LogP contribution < -0.4 is 0 Å². The molecule has 3 rings (SSSR count). The number of hydrogen-bond acceptors (Lipinski definition) is 4. The molecule has 0 spiro atoms. The number of carbonyl (C=O) groups is 2. The highest BCUT2D eigenvalue weighted by Gasteiger charge is 2.20. The van der Waals surface area contributed by atoms with Crippen molar-refractivity contribution in [3.05, 3.63) is 59.5 Å². The van der Waals surface area contributed by atoms with E-state index in [-0.39, 0.29) is 16.9 Å². The van der Waals surface area contributed by atoms with Gasteiger partial charge in [-0.3, -0.25) is 0 Å². The molecule has 0 saturated carbocycles. The first-order valence-corrected chi connectivity index (χ1v) is 7.13. The molecule has 6 heteroatoms. The van der Waals surface area contributed by atoms with E-state index in [1.165, 1.54) is 32.4 Å². The van der Waals surface area contributed by atoms with Crippen LogP contribution in [0.2, 0.25) is 0 Å². The summed E-state index contributed by atoms with van der Waals surface area (Å²) in [5.41, 5.74) is 2.35. The third-order valence-corrected chi connectivity index (χ3v) is 3.78. The Balaban J connectivity index is 2.17. The molecule has 122 valence electrons. The van der Waals surface area contributed by atoms with Gasteiger partial charge in [0.2, 0.25) is 0 Å². The highest BCUT2D eigenvalue weighted by Crippen LogP contribution is 2.30. The van der Waals surface area contributed by atoms with Gasteiger partial charge in [0.05, 0.1) is 25.3 Å². The number of aromatic nitrogens is 1. The lowest BCUT2D eigenvalue weighted by atomic mass is 9.98. The largest absolute Gasteiger partial charge is 0.465 e. The minimum absolute atomic E-state index is 0.110. The summed E-state index contributed by atoms with van der Waals surface area (Å²) in [6.07, 6.45) is 1.72. The average molecular weight is 327 g/mol. The summed E-state index contributed by atoms with van der Waals surface area (Å²) in [7, 11) is 2.48. The Morgan fingerprint density at radius 1 is 0.958 bits per heavy atom. The molecule has 0 bridgehead atoms. The fourth-order valence-electron chi connectivity index (χ4n) is 2.62. The second kappa shape index (κ2) is 6.16. The number of carbonyl (C=O) groups excluding carboxylic acids is 2. The molecule has 0 amide bonds. The lowest BCUT2D eigenvalue weighted by molar-refractivity contribution is 0.0555. The van der Waals surface area contributed by atoms with Crippen molar-refractivity contribution < 1.29 is 23.5 Å². The van der Waals surface area contributed by atoms with E-state index < -0.39 is 11.9 Å². The molecule has 1 N–H and O–H groups in total. The van der Waals surface area contributed by atoms with Crippen LogP contribution in [-0.2, 0) is 9.47 Å². The molecule has 0 unspecified atom stereocenters. The van der Waals surface area contributed by atoms with Crippen LogP contribution in [0.4, 0.5) is 4.39 Å². The van der Waals surface area contributed by atoms with Gasteiger partial charge in [-0.15, -0.1) is 0 Å². The van der Waals surface area contributed by atoms with E-state index in [9.17, 15) is 14.0 Å². The first-order valence-electron chi connectivity index (χ1n) is 7.13. The van der Waals surface area contributed by atoms with Gasteiger partial charge < -0.3 is 14.5 Å². The number of fused-ring (bicyclic) bond motifs is 1. The number of nitrogens with one attached hydrogen (secondary N) is 1. The first kappa shape index (κ1) is 15.7. The zero-order valence-corrected chi connectivity index (χ0v) is 13.1. The molecule has 1 heterocycles. The summed E-state index contributed by atoms with van der Waals surface area (Å²) in [4.78, 5) is 26.8. The van der Waals surface area contributed by atoms with E-state index in [1.807, 2.05) is 0 Å². The maximum atomic E-state index is 13.3. The minimum Gasteiger partial charge on any atom is -0.465 e. The molecule has 5 nitrogen and oxygen atoms in total. The summed E-state index contributed by atoms with van der Waals surface area (Å²) >= 11 is 0. The molecule has 0 aliphatic rings. The maximum absolute atomic E-state index is 13.3. The maximum Gasteiger partial charge on any atom is 0.338 e. The van der Waals surface area contributed by atoms with Crippen LogP contribution in [-0.4, -0.2) is 31.1 Å². The van der Waals surface area contributed by atoms with Gasteiger partial charge in [-0.05, 0) is 35.9 Å². The molecule has 0 radical (unpaired) electrons. The number of rotatable bonds is 3. The fourth-order valence-corrected chi connectivity index (χ4v) is 2.62. The third-order valence-electron chi connectivity index (χ3n) is 3.78. The van der Waals surface area contributed by atoms with Crippen molar-refractivity contribution in [3.8, 4) is 11.1 Å². The Hall–Kier alpha value is -3.15. The van der Waals surface area contributed by atoms with Crippen molar-refractivity contribution in [3.63, 3.8) is 0 Å². The topological polar surface area (TPSA) is 68.4 Å². The van der Waals surface area contributed by atoms with Gasteiger partial charge in [0.15, 0.2) is 0 Å². The number of esters is 2. The summed E-state index contributed by atoms with van der Waals surface area (Å²) in [6.45, 7) is 0. The lowest BCUT2D eigenvalue weighted by Gasteiger charge is -2.09. The van der Waals surface area contributed by atoms with Gasteiger partial charge in [0.25, 0.3) is 0 Å². The number of benzene rings is 2. The van der Waals surface area contributed by atoms with Crippen LogP contribution in [0.15, 0.2) is 42.6 Å². The van der Waals surface area contributed by atoms with E-state index in [2.05, 4.69) is 4.98 Å². The predicted octanol–water partition coefficient (Wildman–Crippen LogP) is 3.55. The van der Waals surface area contributed by atoms with Gasteiger partial charge in [-0.1, -0.05) is 6.07 Å². The zero-order chi connectivity index (χ0) is 17.3. The standard InChI is InChI=1S/C18H14FNO4/c1-23-17(21)13-5-3-10(7-14(13)18(22)24-2)15-9-20-16-8-11(19)4-6-12(15)16/h3-9,20H,1-2H3. The van der Waals surface area contributed by atoms with Gasteiger partial charge in [0.1, 0.15) is 5.82 Å². The van der Waals surface area contributed by atoms with E-state index in [0.29, 0.717) is 11.1 Å². The number of ether oxygens (including phenoxy) is 2. The van der Waals surface area contributed by atoms with Crippen molar-refractivity contribution in [2.24, 2.45) is 0 Å². The van der Waals surface area contributed by atoms with Gasteiger partial charge in [-0.25, -0.2) is 14.0 Å². The van der Waals surface area contributed by atoms with Crippen molar-refractivity contribution in [1.82, 2.24) is 4.98 Å². The summed E-state index contributed by atoms with van der Waals surface area (Å²) in [5, 5.41) is 0.804. The monoisotopic (exact) mass is 327 g/mol. The number of aromatic amines is 1. The van der Waals surface area contributed by atoms with Crippen LogP contribution >= 0.6 is 0 Å². The average Bonchev–Trinajstić information content (AvgIpc) is 3.02. The third kappa shape index (κ3) is 2.62. The smallest absolute Gasteiger partial charge is 0.338 e. The predicted molar refractivity (Wildman–Crippen MR) is 86.4 cm³/mol. The molecular weight excluding hydrogens is 313 g/mol. The molecule has 2 aromatic carbocycles. The molecule has 24 heavy (non-hydrogen) atoms. The van der Waals surface area contributed by atoms with E-state index in [4.69, 9.17) is 9.47 Å². The number of halogens is 1. The Morgan fingerprint density at radius 3 is 2.38 bits per heavy atom. The van der Waals surface area contributed by atoms with Crippen molar-refractivity contribution in [2.45, 2.75) is 0 Å². The van der Waals surface area contributed by atoms with Crippen LogP contribution in [0.25, 0.3) is 22.0 Å². The van der Waals surface area contributed by atoms with E-state index in [1.54, 1.807) is 24.4 Å².